The number of aliphatic carboxylic acids is 2. The Labute approximate surface area is 116 Å². The number of benzene rings is 1. The molecule has 1 rings (SSSR count). The topological polar surface area (TPSA) is 121 Å². The smallest absolute Gasteiger partial charge is 0.322 e. The highest BCUT2D eigenvalue weighted by Crippen LogP contribution is 2.17. The minimum atomic E-state index is -4.10. The first kappa shape index (κ1) is 16.1. The first-order valence-electron chi connectivity index (χ1n) is 5.67. The second-order valence-electron chi connectivity index (χ2n) is 4.38. The number of aryl methyl sites for hydroxylation is 2. The van der Waals surface area contributed by atoms with Crippen molar-refractivity contribution in [2.45, 2.75) is 31.2 Å². The number of sulfonamides is 1. The van der Waals surface area contributed by atoms with Gasteiger partial charge in [-0.25, -0.2) is 8.42 Å². The lowest BCUT2D eigenvalue weighted by molar-refractivity contribution is -0.145. The molecule has 0 fully saturated rings. The number of carboxylic acids is 2. The van der Waals surface area contributed by atoms with Crippen LogP contribution >= 0.6 is 0 Å². The van der Waals surface area contributed by atoms with Gasteiger partial charge in [0, 0.05) is 0 Å². The van der Waals surface area contributed by atoms with Gasteiger partial charge in [0.1, 0.15) is 6.04 Å². The predicted octanol–water partition coefficient (Wildman–Crippen LogP) is 0.510. The molecule has 0 unspecified atom stereocenters. The fourth-order valence-electron chi connectivity index (χ4n) is 1.60. The van der Waals surface area contributed by atoms with E-state index < -0.39 is 34.4 Å². The van der Waals surface area contributed by atoms with Crippen LogP contribution in [0.1, 0.15) is 17.5 Å². The van der Waals surface area contributed by atoms with Crippen molar-refractivity contribution in [2.75, 3.05) is 0 Å². The number of hydrogen-bond acceptors (Lipinski definition) is 4. The van der Waals surface area contributed by atoms with E-state index in [2.05, 4.69) is 0 Å². The van der Waals surface area contributed by atoms with Gasteiger partial charge in [0.05, 0.1) is 11.3 Å². The number of rotatable bonds is 6. The maximum Gasteiger partial charge on any atom is 0.322 e. The molecule has 20 heavy (non-hydrogen) atoms. The molecule has 0 saturated heterocycles. The minimum Gasteiger partial charge on any atom is -0.481 e. The fraction of sp³-hybridized carbons (Fsp3) is 0.333. The van der Waals surface area contributed by atoms with Crippen LogP contribution in [0.15, 0.2) is 23.1 Å². The average Bonchev–Trinajstić information content (AvgIpc) is 2.30. The van der Waals surface area contributed by atoms with E-state index >= 15 is 0 Å². The maximum atomic E-state index is 12.1. The molecule has 0 aliphatic carbocycles. The largest absolute Gasteiger partial charge is 0.481 e. The van der Waals surface area contributed by atoms with Crippen LogP contribution in [0.25, 0.3) is 0 Å². The molecule has 1 aromatic carbocycles. The van der Waals surface area contributed by atoms with Gasteiger partial charge in [-0.1, -0.05) is 12.1 Å². The van der Waals surface area contributed by atoms with Crippen LogP contribution in [0, 0.1) is 13.8 Å². The minimum absolute atomic E-state index is 0.0610. The molecule has 8 heteroatoms. The summed E-state index contributed by atoms with van der Waals surface area (Å²) in [4.78, 5) is 21.4. The van der Waals surface area contributed by atoms with Crippen molar-refractivity contribution in [3.63, 3.8) is 0 Å². The number of nitrogens with one attached hydrogen (secondary N) is 1. The molecule has 0 radical (unpaired) electrons. The molecule has 1 atom stereocenters. The van der Waals surface area contributed by atoms with E-state index in [0.717, 1.165) is 0 Å². The van der Waals surface area contributed by atoms with Crippen molar-refractivity contribution in [3.05, 3.63) is 29.3 Å². The van der Waals surface area contributed by atoms with Crippen molar-refractivity contribution in [2.24, 2.45) is 0 Å². The Kier molecular flexibility index (Phi) is 4.85. The summed E-state index contributed by atoms with van der Waals surface area (Å²) in [7, 11) is -4.10. The van der Waals surface area contributed by atoms with Crippen molar-refractivity contribution < 1.29 is 28.2 Å². The molecule has 0 amide bonds. The Morgan fingerprint density at radius 2 is 1.85 bits per heavy atom. The van der Waals surface area contributed by atoms with E-state index in [4.69, 9.17) is 10.2 Å². The summed E-state index contributed by atoms with van der Waals surface area (Å²) in [5.41, 5.74) is 1.14. The highest BCUT2D eigenvalue weighted by Gasteiger charge is 2.28. The molecule has 0 spiro atoms. The fourth-order valence-corrected chi connectivity index (χ4v) is 3.12. The van der Waals surface area contributed by atoms with E-state index in [1.165, 1.54) is 6.07 Å². The third-order valence-corrected chi connectivity index (χ3v) is 4.22. The van der Waals surface area contributed by atoms with Crippen molar-refractivity contribution >= 4 is 22.0 Å². The van der Waals surface area contributed by atoms with Gasteiger partial charge in [-0.05, 0) is 31.0 Å². The van der Waals surface area contributed by atoms with Crippen LogP contribution in [0.5, 0.6) is 0 Å². The quantitative estimate of drug-likeness (QED) is 0.704. The van der Waals surface area contributed by atoms with E-state index in [1.54, 1.807) is 26.0 Å². The van der Waals surface area contributed by atoms with Crippen LogP contribution in [-0.2, 0) is 19.6 Å². The zero-order chi connectivity index (χ0) is 15.5. The first-order valence-corrected chi connectivity index (χ1v) is 7.16. The van der Waals surface area contributed by atoms with Crippen molar-refractivity contribution in [3.8, 4) is 0 Å². The highest BCUT2D eigenvalue weighted by atomic mass is 32.2. The summed E-state index contributed by atoms with van der Waals surface area (Å²) in [6, 6.07) is 3.01. The molecule has 1 aromatic rings. The third kappa shape index (κ3) is 4.04. The van der Waals surface area contributed by atoms with Crippen LogP contribution in [0.3, 0.4) is 0 Å². The van der Waals surface area contributed by atoms with Gasteiger partial charge in [-0.2, -0.15) is 4.72 Å². The van der Waals surface area contributed by atoms with Gasteiger partial charge in [0.15, 0.2) is 0 Å². The number of carboxylic acid groups (broad SMARTS) is 2. The Bertz CT molecular complexity index is 637. The normalized spacial score (nSPS) is 12.9. The van der Waals surface area contributed by atoms with Gasteiger partial charge < -0.3 is 10.2 Å². The summed E-state index contributed by atoms with van der Waals surface area (Å²) in [6.45, 7) is 3.27. The molecule has 3 N–H and O–H groups in total. The first-order chi connectivity index (χ1) is 9.13. The third-order valence-electron chi connectivity index (χ3n) is 2.61. The second kappa shape index (κ2) is 6.02. The summed E-state index contributed by atoms with van der Waals surface area (Å²) in [5.74, 6) is -2.94. The summed E-state index contributed by atoms with van der Waals surface area (Å²) >= 11 is 0. The molecule has 0 aliphatic rings. The monoisotopic (exact) mass is 301 g/mol. The van der Waals surface area contributed by atoms with E-state index in [9.17, 15) is 18.0 Å². The van der Waals surface area contributed by atoms with E-state index in [0.29, 0.717) is 11.1 Å². The molecule has 0 aliphatic heterocycles. The Morgan fingerprint density at radius 1 is 1.25 bits per heavy atom. The van der Waals surface area contributed by atoms with Crippen LogP contribution in [0.2, 0.25) is 0 Å². The molecule has 7 nitrogen and oxygen atoms in total. The lowest BCUT2D eigenvalue weighted by atomic mass is 10.2. The average molecular weight is 301 g/mol. The van der Waals surface area contributed by atoms with Gasteiger partial charge in [-0.15, -0.1) is 0 Å². The number of hydrogen-bond donors (Lipinski definition) is 3. The molecular weight excluding hydrogens is 286 g/mol. The van der Waals surface area contributed by atoms with Crippen molar-refractivity contribution in [1.82, 2.24) is 4.72 Å². The molecule has 110 valence electrons. The van der Waals surface area contributed by atoms with Gasteiger partial charge in [0.25, 0.3) is 0 Å². The highest BCUT2D eigenvalue weighted by molar-refractivity contribution is 7.89. The number of carbonyl (C=O) groups is 2. The molecule has 0 saturated carbocycles. The Hall–Kier alpha value is -1.93. The Morgan fingerprint density at radius 3 is 2.35 bits per heavy atom. The van der Waals surface area contributed by atoms with Gasteiger partial charge in [-0.3, -0.25) is 9.59 Å². The zero-order valence-corrected chi connectivity index (χ0v) is 11.8. The van der Waals surface area contributed by atoms with Crippen molar-refractivity contribution in [1.29, 1.82) is 0 Å². The van der Waals surface area contributed by atoms with Gasteiger partial charge in [0.2, 0.25) is 10.0 Å². The zero-order valence-electron chi connectivity index (χ0n) is 11.0. The van der Waals surface area contributed by atoms with Gasteiger partial charge >= 0.3 is 11.9 Å². The second-order valence-corrected chi connectivity index (χ2v) is 6.06. The van der Waals surface area contributed by atoms with Crippen LogP contribution in [0.4, 0.5) is 0 Å². The predicted molar refractivity (Wildman–Crippen MR) is 69.9 cm³/mol. The lowest BCUT2D eigenvalue weighted by Crippen LogP contribution is -2.42. The summed E-state index contributed by atoms with van der Waals surface area (Å²) < 4.78 is 26.2. The summed E-state index contributed by atoms with van der Waals surface area (Å²) in [6.07, 6.45) is -0.834. The van der Waals surface area contributed by atoms with Crippen LogP contribution in [-0.4, -0.2) is 36.6 Å². The Balaban J connectivity index is 3.12. The molecular formula is C12H15NO6S. The molecule has 0 aromatic heterocycles. The van der Waals surface area contributed by atoms with Crippen LogP contribution < -0.4 is 4.72 Å². The SMILES string of the molecule is Cc1ccc(C)c(S(=O)(=O)N[C@H](CC(=O)O)C(=O)O)c1. The molecule has 0 heterocycles. The maximum absolute atomic E-state index is 12.1. The van der Waals surface area contributed by atoms with E-state index in [-0.39, 0.29) is 4.90 Å². The lowest BCUT2D eigenvalue weighted by Gasteiger charge is -2.14. The summed E-state index contributed by atoms with van der Waals surface area (Å²) in [5, 5.41) is 17.5. The van der Waals surface area contributed by atoms with E-state index in [1.807, 2.05) is 4.72 Å². The standard InChI is InChI=1S/C12H15NO6S/c1-7-3-4-8(2)10(5-7)20(18,19)13-9(12(16)17)6-11(14)15/h3-5,9,13H,6H2,1-2H3,(H,14,15)(H,16,17)/t9-/m1/s1. The molecule has 0 bridgehead atoms.